The molecule has 7 aliphatic rings. The van der Waals surface area contributed by atoms with Crippen molar-refractivity contribution in [2.45, 2.75) is 172 Å². The van der Waals surface area contributed by atoms with Crippen LogP contribution in [0.1, 0.15) is 119 Å². The normalized spacial score (nSPS) is 48.0. The molecule has 3 N–H and O–H groups in total. The van der Waals surface area contributed by atoms with Gasteiger partial charge in [0.25, 0.3) is 5.97 Å². The van der Waals surface area contributed by atoms with Crippen molar-refractivity contribution in [3.05, 3.63) is 24.2 Å². The highest BCUT2D eigenvalue weighted by atomic mass is 17.0. The SMILES string of the molecule is CC[C@H](C)C(=O)O[C@@H]1C[C@@]2(C)[C@H](c3ccoc3)OC(=O)CC23OC2(C)OC34[C@H](OC(=O)C(C)C)[C@@]3(O)[C@@H](OC(=O)[C@@](C)(O)CC)[C@]5(C)C[C@@]3(O)[C@@](C)(C5CC(=O)OC)C14O2. The molecule has 4 heterocycles. The summed E-state index contributed by atoms with van der Waals surface area (Å²) in [6, 6.07) is 1.61. The van der Waals surface area contributed by atoms with Crippen LogP contribution in [0.25, 0.3) is 0 Å². The first kappa shape index (κ1) is 43.1. The number of hydrogen-bond donors (Lipinski definition) is 3. The summed E-state index contributed by atoms with van der Waals surface area (Å²) in [5.74, 6) is -9.04. The van der Waals surface area contributed by atoms with Crippen molar-refractivity contribution in [3.8, 4) is 0 Å². The van der Waals surface area contributed by atoms with Crippen molar-refractivity contribution in [2.24, 2.45) is 34.0 Å². The van der Waals surface area contributed by atoms with E-state index in [1.807, 2.05) is 6.92 Å². The first-order valence-corrected chi connectivity index (χ1v) is 20.9. The van der Waals surface area contributed by atoms with Crippen molar-refractivity contribution in [1.29, 1.82) is 0 Å². The third kappa shape index (κ3) is 4.56. The molecule has 17 nitrogen and oxygen atoms in total. The van der Waals surface area contributed by atoms with Gasteiger partial charge >= 0.3 is 29.8 Å². The van der Waals surface area contributed by atoms with Crippen LogP contribution in [0.3, 0.4) is 0 Å². The van der Waals surface area contributed by atoms with Crippen LogP contribution in [0, 0.1) is 34.0 Å². The number of hydrogen-bond acceptors (Lipinski definition) is 17. The molecule has 0 radical (unpaired) electrons. The van der Waals surface area contributed by atoms with E-state index in [0.29, 0.717) is 12.0 Å². The Kier molecular flexibility index (Phi) is 9.15. The molecule has 16 atom stereocenters. The maximum absolute atomic E-state index is 14.3. The lowest BCUT2D eigenvalue weighted by molar-refractivity contribution is -0.479. The summed E-state index contributed by atoms with van der Waals surface area (Å²) in [7, 11) is 1.19. The molecule has 8 rings (SSSR count). The van der Waals surface area contributed by atoms with Gasteiger partial charge in [-0.2, -0.15) is 0 Å². The monoisotopic (exact) mass is 846 g/mol. The molecular weight excluding hydrogens is 788 g/mol. The van der Waals surface area contributed by atoms with Crippen molar-refractivity contribution in [3.63, 3.8) is 0 Å². The van der Waals surface area contributed by atoms with Crippen LogP contribution < -0.4 is 0 Å². The van der Waals surface area contributed by atoms with Crippen molar-refractivity contribution < 1.29 is 81.6 Å². The minimum atomic E-state index is -2.87. The second kappa shape index (κ2) is 12.7. The van der Waals surface area contributed by atoms with E-state index in [0.717, 1.165) is 0 Å². The lowest BCUT2D eigenvalue weighted by Gasteiger charge is -2.79. The molecule has 3 aliphatic heterocycles. The number of furan rings is 1. The number of aliphatic hydroxyl groups is 3. The zero-order valence-corrected chi connectivity index (χ0v) is 36.1. The molecule has 7 fully saturated rings. The van der Waals surface area contributed by atoms with E-state index < -0.39 is 141 Å². The van der Waals surface area contributed by atoms with Gasteiger partial charge in [-0.25, -0.2) is 4.79 Å². The fourth-order valence-corrected chi connectivity index (χ4v) is 13.3. The standard InChI is InChI=1S/C43H58O17/c1-12-22(5)30(47)54-25-17-35(7)28(23-14-15-53-19-23)55-27(45)18-40(35)43-32(56-29(46)21(3)4)41(51)31(57-33(48)36(8,49)13-2)34(6)20-39(41,50)37(9,24(34)16-26(44)52-11)42(25,43)59-38(10,58-40)60-43/h14-15,19,21-22,24-25,28,31-32,49-51H,12-13,16-18,20H2,1-11H3/t22-,24?,25+,28-,31-,32+,34+,35-,36-,37+,38?,39+,40?,41-,42?,43?/m0/s1. The lowest BCUT2D eigenvalue weighted by Crippen LogP contribution is -2.99. The molecule has 5 unspecified atom stereocenters. The molecule has 17 heteroatoms. The van der Waals surface area contributed by atoms with Crippen LogP contribution in [0.5, 0.6) is 0 Å². The summed E-state index contributed by atoms with van der Waals surface area (Å²) < 4.78 is 57.7. The fourth-order valence-electron chi connectivity index (χ4n) is 13.3. The fraction of sp³-hybridized carbons (Fsp3) is 0.791. The molecule has 2 spiro atoms. The highest BCUT2D eigenvalue weighted by Crippen LogP contribution is 2.89. The van der Waals surface area contributed by atoms with Gasteiger partial charge in [0, 0.05) is 35.2 Å². The van der Waals surface area contributed by atoms with Crippen molar-refractivity contribution in [1.82, 2.24) is 0 Å². The minimum Gasteiger partial charge on any atom is -0.472 e. The van der Waals surface area contributed by atoms with E-state index in [2.05, 4.69) is 0 Å². The van der Waals surface area contributed by atoms with Gasteiger partial charge in [0.2, 0.25) is 0 Å². The summed E-state index contributed by atoms with van der Waals surface area (Å²) in [6.45, 7) is 15.8. The molecule has 4 aliphatic carbocycles. The van der Waals surface area contributed by atoms with Crippen LogP contribution in [-0.4, -0.2) is 110 Å². The predicted octanol–water partition coefficient (Wildman–Crippen LogP) is 3.33. The Morgan fingerprint density at radius 3 is 2.20 bits per heavy atom. The molecule has 332 valence electrons. The predicted molar refractivity (Wildman–Crippen MR) is 200 cm³/mol. The summed E-state index contributed by atoms with van der Waals surface area (Å²) in [4.78, 5) is 70.8. The van der Waals surface area contributed by atoms with Crippen molar-refractivity contribution >= 4 is 29.8 Å². The van der Waals surface area contributed by atoms with E-state index in [4.69, 9.17) is 42.3 Å². The number of esters is 5. The first-order valence-electron chi connectivity index (χ1n) is 20.9. The Morgan fingerprint density at radius 2 is 1.62 bits per heavy atom. The number of fused-ring (bicyclic) bond motifs is 2. The number of cyclic esters (lactones) is 1. The third-order valence-corrected chi connectivity index (χ3v) is 16.4. The van der Waals surface area contributed by atoms with Gasteiger partial charge in [0.15, 0.2) is 28.5 Å². The summed E-state index contributed by atoms with van der Waals surface area (Å²) in [6.07, 6.45) is -5.14. The Balaban J connectivity index is 1.53. The quantitative estimate of drug-likeness (QED) is 0.214. The van der Waals surface area contributed by atoms with Crippen LogP contribution in [0.2, 0.25) is 0 Å². The first-order chi connectivity index (χ1) is 27.8. The Hall–Kier alpha value is -3.61. The van der Waals surface area contributed by atoms with Crippen LogP contribution in [-0.2, 0) is 61.9 Å². The van der Waals surface area contributed by atoms with Gasteiger partial charge in [-0.15, -0.1) is 0 Å². The highest BCUT2D eigenvalue weighted by molar-refractivity contribution is 5.80. The van der Waals surface area contributed by atoms with Crippen LogP contribution >= 0.6 is 0 Å². The van der Waals surface area contributed by atoms with E-state index in [9.17, 15) is 39.3 Å². The molecule has 4 saturated carbocycles. The van der Waals surface area contributed by atoms with E-state index >= 15 is 0 Å². The van der Waals surface area contributed by atoms with E-state index in [1.165, 1.54) is 33.5 Å². The average molecular weight is 847 g/mol. The van der Waals surface area contributed by atoms with Gasteiger partial charge in [-0.3, -0.25) is 19.2 Å². The highest BCUT2D eigenvalue weighted by Gasteiger charge is 3.07. The molecule has 0 amide bonds. The molecule has 3 saturated heterocycles. The van der Waals surface area contributed by atoms with Gasteiger partial charge in [-0.1, -0.05) is 55.4 Å². The van der Waals surface area contributed by atoms with Crippen LogP contribution in [0.4, 0.5) is 0 Å². The average Bonchev–Trinajstić information content (AvgIpc) is 3.95. The maximum Gasteiger partial charge on any atom is 0.338 e. The summed E-state index contributed by atoms with van der Waals surface area (Å²) >= 11 is 0. The Bertz CT molecular complexity index is 2020. The second-order valence-corrected chi connectivity index (χ2v) is 19.7. The number of carbonyl (C=O) groups excluding carboxylic acids is 5. The zero-order chi connectivity index (χ0) is 44.2. The number of carbonyl (C=O) groups is 5. The van der Waals surface area contributed by atoms with Gasteiger partial charge < -0.3 is 57.6 Å². The minimum absolute atomic E-state index is 0.106. The largest absolute Gasteiger partial charge is 0.472 e. The smallest absolute Gasteiger partial charge is 0.338 e. The Morgan fingerprint density at radius 1 is 0.950 bits per heavy atom. The molecular formula is C43H58O17. The van der Waals surface area contributed by atoms with Gasteiger partial charge in [-0.05, 0) is 44.6 Å². The van der Waals surface area contributed by atoms with E-state index in [-0.39, 0.29) is 19.3 Å². The zero-order valence-electron chi connectivity index (χ0n) is 36.1. The maximum atomic E-state index is 14.3. The second-order valence-electron chi connectivity index (χ2n) is 19.7. The molecule has 60 heavy (non-hydrogen) atoms. The number of rotatable bonds is 11. The Labute approximate surface area is 348 Å². The summed E-state index contributed by atoms with van der Waals surface area (Å²) in [5.41, 5.74) is -18.9. The van der Waals surface area contributed by atoms with E-state index in [1.54, 1.807) is 54.5 Å². The summed E-state index contributed by atoms with van der Waals surface area (Å²) in [5, 5.41) is 39.3. The topological polar surface area (TPSA) is 233 Å². The molecule has 0 aromatic carbocycles. The molecule has 4 bridgehead atoms. The third-order valence-electron chi connectivity index (χ3n) is 16.4. The number of methoxy groups -OCH3 is 1. The van der Waals surface area contributed by atoms with Crippen molar-refractivity contribution in [2.75, 3.05) is 7.11 Å². The van der Waals surface area contributed by atoms with Crippen LogP contribution in [0.15, 0.2) is 23.0 Å². The lowest BCUT2D eigenvalue weighted by atomic mass is 9.31. The number of ether oxygens (including phenoxy) is 8. The molecule has 1 aromatic rings. The van der Waals surface area contributed by atoms with Gasteiger partial charge in [0.1, 0.15) is 29.5 Å². The molecule has 1 aromatic heterocycles. The van der Waals surface area contributed by atoms with Gasteiger partial charge in [0.05, 0.1) is 37.9 Å².